The second-order valence-corrected chi connectivity index (χ2v) is 4.25. The SMILES string of the molecule is CN(C(=O)c1ccsc1)c1ccc(N)cc1. The van der Waals surface area contributed by atoms with Gasteiger partial charge in [0, 0.05) is 23.8 Å². The standard InChI is InChI=1S/C12H12N2OS/c1-14(11-4-2-10(13)3-5-11)12(15)9-6-7-16-8-9/h2-8H,13H2,1H3. The molecule has 3 nitrogen and oxygen atoms in total. The molecule has 2 N–H and O–H groups in total. The maximum atomic E-state index is 12.0. The Morgan fingerprint density at radius 3 is 2.50 bits per heavy atom. The molecule has 0 saturated heterocycles. The number of hydrogen-bond donors (Lipinski definition) is 1. The highest BCUT2D eigenvalue weighted by atomic mass is 32.1. The van der Waals surface area contributed by atoms with Gasteiger partial charge in [0.25, 0.3) is 5.91 Å². The molecule has 16 heavy (non-hydrogen) atoms. The molecule has 1 aromatic heterocycles. The van der Waals surface area contributed by atoms with Gasteiger partial charge in [-0.25, -0.2) is 0 Å². The fourth-order valence-electron chi connectivity index (χ4n) is 1.39. The lowest BCUT2D eigenvalue weighted by Crippen LogP contribution is -2.25. The van der Waals surface area contributed by atoms with Gasteiger partial charge in [0.1, 0.15) is 0 Å². The summed E-state index contributed by atoms with van der Waals surface area (Å²) in [6.07, 6.45) is 0. The van der Waals surface area contributed by atoms with E-state index in [1.165, 1.54) is 11.3 Å². The van der Waals surface area contributed by atoms with Crippen molar-refractivity contribution in [2.45, 2.75) is 0 Å². The van der Waals surface area contributed by atoms with Crippen molar-refractivity contribution in [2.24, 2.45) is 0 Å². The average Bonchev–Trinajstić information content (AvgIpc) is 2.81. The lowest BCUT2D eigenvalue weighted by Gasteiger charge is -2.16. The van der Waals surface area contributed by atoms with Crippen LogP contribution in [0.15, 0.2) is 41.1 Å². The summed E-state index contributed by atoms with van der Waals surface area (Å²) < 4.78 is 0. The summed E-state index contributed by atoms with van der Waals surface area (Å²) in [5.41, 5.74) is 7.84. The normalized spacial score (nSPS) is 10.1. The number of anilines is 2. The molecule has 2 rings (SSSR count). The third-order valence-electron chi connectivity index (χ3n) is 2.35. The van der Waals surface area contributed by atoms with E-state index in [4.69, 9.17) is 5.73 Å². The van der Waals surface area contributed by atoms with Crippen LogP contribution in [-0.2, 0) is 0 Å². The molecule has 1 heterocycles. The Morgan fingerprint density at radius 2 is 1.94 bits per heavy atom. The maximum Gasteiger partial charge on any atom is 0.258 e. The molecule has 82 valence electrons. The molecule has 0 fully saturated rings. The van der Waals surface area contributed by atoms with E-state index in [1.807, 2.05) is 29.0 Å². The van der Waals surface area contributed by atoms with Gasteiger partial charge in [-0.2, -0.15) is 11.3 Å². The molecular formula is C12H12N2OS. The Hall–Kier alpha value is -1.81. The fourth-order valence-corrected chi connectivity index (χ4v) is 2.02. The summed E-state index contributed by atoms with van der Waals surface area (Å²) in [5.74, 6) is -0.00831. The molecule has 0 radical (unpaired) electrons. The predicted molar refractivity (Wildman–Crippen MR) is 67.9 cm³/mol. The highest BCUT2D eigenvalue weighted by molar-refractivity contribution is 7.08. The Morgan fingerprint density at radius 1 is 1.25 bits per heavy atom. The van der Waals surface area contributed by atoms with Crippen LogP contribution in [0.1, 0.15) is 10.4 Å². The van der Waals surface area contributed by atoms with E-state index in [2.05, 4.69) is 0 Å². The van der Waals surface area contributed by atoms with Crippen LogP contribution in [-0.4, -0.2) is 13.0 Å². The summed E-state index contributed by atoms with van der Waals surface area (Å²) >= 11 is 1.52. The van der Waals surface area contributed by atoms with Crippen molar-refractivity contribution in [2.75, 3.05) is 17.7 Å². The van der Waals surface area contributed by atoms with E-state index in [9.17, 15) is 4.79 Å². The van der Waals surface area contributed by atoms with Gasteiger partial charge in [-0.1, -0.05) is 0 Å². The number of amides is 1. The monoisotopic (exact) mass is 232 g/mol. The van der Waals surface area contributed by atoms with Crippen molar-refractivity contribution in [3.63, 3.8) is 0 Å². The molecule has 1 aromatic carbocycles. The van der Waals surface area contributed by atoms with E-state index in [-0.39, 0.29) is 5.91 Å². The number of thiophene rings is 1. The van der Waals surface area contributed by atoms with E-state index in [0.717, 1.165) is 5.69 Å². The second kappa shape index (κ2) is 4.37. The highest BCUT2D eigenvalue weighted by Crippen LogP contribution is 2.18. The molecule has 0 aliphatic carbocycles. The van der Waals surface area contributed by atoms with Crippen LogP contribution in [0.2, 0.25) is 0 Å². The van der Waals surface area contributed by atoms with Crippen molar-refractivity contribution >= 4 is 28.6 Å². The third kappa shape index (κ3) is 2.06. The van der Waals surface area contributed by atoms with Crippen LogP contribution < -0.4 is 10.6 Å². The zero-order chi connectivity index (χ0) is 11.5. The van der Waals surface area contributed by atoms with Gasteiger partial charge in [-0.3, -0.25) is 4.79 Å². The number of nitrogens with zero attached hydrogens (tertiary/aromatic N) is 1. The predicted octanol–water partition coefficient (Wildman–Crippen LogP) is 2.61. The topological polar surface area (TPSA) is 46.3 Å². The third-order valence-corrected chi connectivity index (χ3v) is 3.04. The molecule has 0 atom stereocenters. The molecular weight excluding hydrogens is 220 g/mol. The van der Waals surface area contributed by atoms with Crippen molar-refractivity contribution in [1.29, 1.82) is 0 Å². The molecule has 0 saturated carbocycles. The molecule has 1 amide bonds. The number of carbonyl (C=O) groups is 1. The number of hydrogen-bond acceptors (Lipinski definition) is 3. The van der Waals surface area contributed by atoms with E-state index in [1.54, 1.807) is 24.1 Å². The molecule has 2 aromatic rings. The van der Waals surface area contributed by atoms with Gasteiger partial charge in [0.15, 0.2) is 0 Å². The Bertz CT molecular complexity index is 476. The molecule has 0 spiro atoms. The Labute approximate surface area is 98.1 Å². The summed E-state index contributed by atoms with van der Waals surface area (Å²) in [6, 6.07) is 9.06. The van der Waals surface area contributed by atoms with Crippen molar-refractivity contribution in [3.05, 3.63) is 46.7 Å². The van der Waals surface area contributed by atoms with Crippen molar-refractivity contribution in [1.82, 2.24) is 0 Å². The number of rotatable bonds is 2. The minimum absolute atomic E-state index is 0.00831. The van der Waals surface area contributed by atoms with Gasteiger partial charge >= 0.3 is 0 Å². The van der Waals surface area contributed by atoms with Crippen LogP contribution >= 0.6 is 11.3 Å². The summed E-state index contributed by atoms with van der Waals surface area (Å²) in [6.45, 7) is 0. The lowest BCUT2D eigenvalue weighted by atomic mass is 10.2. The average molecular weight is 232 g/mol. The first-order chi connectivity index (χ1) is 7.68. The van der Waals surface area contributed by atoms with Gasteiger partial charge in [0.2, 0.25) is 0 Å². The molecule has 0 unspecified atom stereocenters. The maximum absolute atomic E-state index is 12.0. The van der Waals surface area contributed by atoms with Gasteiger partial charge in [0.05, 0.1) is 5.56 Å². The zero-order valence-corrected chi connectivity index (χ0v) is 9.70. The summed E-state index contributed by atoms with van der Waals surface area (Å²) in [4.78, 5) is 13.6. The van der Waals surface area contributed by atoms with Crippen LogP contribution in [0.4, 0.5) is 11.4 Å². The number of benzene rings is 1. The molecule has 4 heteroatoms. The Balaban J connectivity index is 2.22. The van der Waals surface area contributed by atoms with Gasteiger partial charge < -0.3 is 10.6 Å². The van der Waals surface area contributed by atoms with Gasteiger partial charge in [-0.15, -0.1) is 0 Å². The molecule has 0 aliphatic rings. The summed E-state index contributed by atoms with van der Waals surface area (Å²) in [7, 11) is 1.76. The Kier molecular flexibility index (Phi) is 2.92. The van der Waals surface area contributed by atoms with Crippen molar-refractivity contribution < 1.29 is 4.79 Å². The highest BCUT2D eigenvalue weighted by Gasteiger charge is 2.13. The minimum Gasteiger partial charge on any atom is -0.399 e. The smallest absolute Gasteiger partial charge is 0.258 e. The fraction of sp³-hybridized carbons (Fsp3) is 0.0833. The summed E-state index contributed by atoms with van der Waals surface area (Å²) in [5, 5.41) is 3.74. The quantitative estimate of drug-likeness (QED) is 0.809. The van der Waals surface area contributed by atoms with Crippen LogP contribution in [0.5, 0.6) is 0 Å². The second-order valence-electron chi connectivity index (χ2n) is 3.47. The minimum atomic E-state index is -0.00831. The first-order valence-corrected chi connectivity index (χ1v) is 5.78. The number of carbonyl (C=O) groups excluding carboxylic acids is 1. The lowest BCUT2D eigenvalue weighted by molar-refractivity contribution is 0.0993. The van der Waals surface area contributed by atoms with Crippen LogP contribution in [0.25, 0.3) is 0 Å². The largest absolute Gasteiger partial charge is 0.399 e. The van der Waals surface area contributed by atoms with Gasteiger partial charge in [-0.05, 0) is 35.7 Å². The van der Waals surface area contributed by atoms with Crippen molar-refractivity contribution in [3.8, 4) is 0 Å². The van der Waals surface area contributed by atoms with Crippen LogP contribution in [0.3, 0.4) is 0 Å². The van der Waals surface area contributed by atoms with E-state index >= 15 is 0 Å². The van der Waals surface area contributed by atoms with Crippen LogP contribution in [0, 0.1) is 0 Å². The molecule has 0 bridgehead atoms. The molecule has 0 aliphatic heterocycles. The van der Waals surface area contributed by atoms with E-state index in [0.29, 0.717) is 11.3 Å². The zero-order valence-electron chi connectivity index (χ0n) is 8.88. The number of nitrogen functional groups attached to an aromatic ring is 1. The first kappa shape index (κ1) is 10.7. The first-order valence-electron chi connectivity index (χ1n) is 4.84. The van der Waals surface area contributed by atoms with E-state index < -0.39 is 0 Å². The number of nitrogens with two attached hydrogens (primary N) is 1.